The van der Waals surface area contributed by atoms with E-state index in [1.165, 1.54) is 11.1 Å². The molecule has 0 bridgehead atoms. The highest BCUT2D eigenvalue weighted by Crippen LogP contribution is 2.23. The van der Waals surface area contributed by atoms with Gasteiger partial charge in [-0.05, 0) is 33.3 Å². The Balaban J connectivity index is 2.23. The second kappa shape index (κ2) is 5.26. The Bertz CT molecular complexity index is 575. The van der Waals surface area contributed by atoms with Gasteiger partial charge in [0.05, 0.1) is 0 Å². The van der Waals surface area contributed by atoms with Crippen molar-refractivity contribution in [1.29, 1.82) is 0 Å². The summed E-state index contributed by atoms with van der Waals surface area (Å²) in [5, 5.41) is 3.40. The average molecular weight is 256 g/mol. The summed E-state index contributed by atoms with van der Waals surface area (Å²) < 4.78 is 0. The molecule has 2 rings (SSSR count). The predicted octanol–water partition coefficient (Wildman–Crippen LogP) is 3.16. The van der Waals surface area contributed by atoms with Crippen LogP contribution in [-0.4, -0.2) is 9.97 Å². The van der Waals surface area contributed by atoms with E-state index in [9.17, 15) is 0 Å². The summed E-state index contributed by atoms with van der Waals surface area (Å²) in [5.74, 6) is 2.02. The van der Waals surface area contributed by atoms with Crippen molar-refractivity contribution in [2.75, 3.05) is 11.1 Å². The first-order chi connectivity index (χ1) is 8.97. The van der Waals surface area contributed by atoms with Gasteiger partial charge in [-0.2, -0.15) is 0 Å². The SMILES string of the molecule is Cc1ccc(C(C)Nc2nc(C)nc(N)c2C)cc1. The van der Waals surface area contributed by atoms with Gasteiger partial charge in [0.1, 0.15) is 17.5 Å². The molecule has 4 nitrogen and oxygen atoms in total. The Hall–Kier alpha value is -2.10. The molecule has 0 saturated heterocycles. The summed E-state index contributed by atoms with van der Waals surface area (Å²) in [4.78, 5) is 8.57. The van der Waals surface area contributed by atoms with E-state index in [-0.39, 0.29) is 6.04 Å². The molecule has 19 heavy (non-hydrogen) atoms. The molecule has 2 aromatic rings. The van der Waals surface area contributed by atoms with Crippen molar-refractivity contribution in [2.45, 2.75) is 33.7 Å². The van der Waals surface area contributed by atoms with Gasteiger partial charge < -0.3 is 11.1 Å². The first-order valence-corrected chi connectivity index (χ1v) is 6.41. The van der Waals surface area contributed by atoms with Crippen LogP contribution in [-0.2, 0) is 0 Å². The van der Waals surface area contributed by atoms with Gasteiger partial charge in [-0.1, -0.05) is 29.8 Å². The van der Waals surface area contributed by atoms with E-state index in [2.05, 4.69) is 53.4 Å². The summed E-state index contributed by atoms with van der Waals surface area (Å²) in [5.41, 5.74) is 9.24. The van der Waals surface area contributed by atoms with E-state index >= 15 is 0 Å². The van der Waals surface area contributed by atoms with Crippen LogP contribution in [0.3, 0.4) is 0 Å². The van der Waals surface area contributed by atoms with Crippen molar-refractivity contribution < 1.29 is 0 Å². The van der Waals surface area contributed by atoms with Gasteiger partial charge in [0.2, 0.25) is 0 Å². The van der Waals surface area contributed by atoms with Gasteiger partial charge in [0.15, 0.2) is 0 Å². The van der Waals surface area contributed by atoms with Crippen molar-refractivity contribution >= 4 is 11.6 Å². The summed E-state index contributed by atoms with van der Waals surface area (Å²) in [6, 6.07) is 8.65. The second-order valence-electron chi connectivity index (χ2n) is 4.91. The zero-order valence-electron chi connectivity index (χ0n) is 11.9. The number of nitrogens with two attached hydrogens (primary N) is 1. The Morgan fingerprint density at radius 2 is 1.68 bits per heavy atom. The van der Waals surface area contributed by atoms with E-state index in [0.29, 0.717) is 11.6 Å². The lowest BCUT2D eigenvalue weighted by Gasteiger charge is -2.17. The van der Waals surface area contributed by atoms with Crippen LogP contribution in [0.25, 0.3) is 0 Å². The number of nitrogens with one attached hydrogen (secondary N) is 1. The maximum Gasteiger partial charge on any atom is 0.135 e. The number of hydrogen-bond donors (Lipinski definition) is 2. The highest BCUT2D eigenvalue weighted by atomic mass is 15.1. The minimum atomic E-state index is 0.174. The molecule has 0 saturated carbocycles. The van der Waals surface area contributed by atoms with Crippen LogP contribution in [0.5, 0.6) is 0 Å². The Kier molecular flexibility index (Phi) is 3.69. The van der Waals surface area contributed by atoms with Crippen molar-refractivity contribution in [1.82, 2.24) is 9.97 Å². The maximum atomic E-state index is 5.86. The molecule has 1 aromatic carbocycles. The quantitative estimate of drug-likeness (QED) is 0.885. The Morgan fingerprint density at radius 1 is 1.05 bits per heavy atom. The van der Waals surface area contributed by atoms with Crippen molar-refractivity contribution in [3.8, 4) is 0 Å². The molecule has 1 unspecified atom stereocenters. The van der Waals surface area contributed by atoms with E-state index in [1.54, 1.807) is 0 Å². The van der Waals surface area contributed by atoms with Gasteiger partial charge in [-0.3, -0.25) is 0 Å². The molecule has 0 radical (unpaired) electrons. The van der Waals surface area contributed by atoms with Gasteiger partial charge in [0, 0.05) is 11.6 Å². The van der Waals surface area contributed by atoms with E-state index in [0.717, 1.165) is 11.4 Å². The summed E-state index contributed by atoms with van der Waals surface area (Å²) >= 11 is 0. The van der Waals surface area contributed by atoms with Gasteiger partial charge in [-0.25, -0.2) is 9.97 Å². The third-order valence-electron chi connectivity index (χ3n) is 3.23. The molecule has 1 aromatic heterocycles. The molecule has 3 N–H and O–H groups in total. The van der Waals surface area contributed by atoms with Crippen LogP contribution in [0.4, 0.5) is 11.6 Å². The third kappa shape index (κ3) is 3.02. The molecule has 0 fully saturated rings. The lowest BCUT2D eigenvalue weighted by atomic mass is 10.1. The molecular formula is C15H20N4. The highest BCUT2D eigenvalue weighted by molar-refractivity contribution is 5.55. The number of aromatic nitrogens is 2. The van der Waals surface area contributed by atoms with Crippen molar-refractivity contribution in [3.63, 3.8) is 0 Å². The van der Waals surface area contributed by atoms with Gasteiger partial charge in [0.25, 0.3) is 0 Å². The van der Waals surface area contributed by atoms with Crippen LogP contribution in [0, 0.1) is 20.8 Å². The molecule has 0 amide bonds. The zero-order valence-corrected chi connectivity index (χ0v) is 11.9. The summed E-state index contributed by atoms with van der Waals surface area (Å²) in [7, 11) is 0. The van der Waals surface area contributed by atoms with Crippen LogP contribution in [0.2, 0.25) is 0 Å². The van der Waals surface area contributed by atoms with Crippen LogP contribution < -0.4 is 11.1 Å². The number of anilines is 2. The minimum Gasteiger partial charge on any atom is -0.383 e. The minimum absolute atomic E-state index is 0.174. The van der Waals surface area contributed by atoms with Crippen LogP contribution in [0.15, 0.2) is 24.3 Å². The lowest BCUT2D eigenvalue weighted by Crippen LogP contribution is -2.12. The summed E-state index contributed by atoms with van der Waals surface area (Å²) in [6.45, 7) is 7.97. The number of aryl methyl sites for hydroxylation is 2. The standard InChI is InChI=1S/C15H20N4/c1-9-5-7-13(8-6-9)11(3)17-15-10(2)14(16)18-12(4)19-15/h5-8,11H,1-4H3,(H3,16,17,18,19). The molecule has 0 aliphatic heterocycles. The van der Waals surface area contributed by atoms with E-state index < -0.39 is 0 Å². The maximum absolute atomic E-state index is 5.86. The lowest BCUT2D eigenvalue weighted by molar-refractivity contribution is 0.863. The number of hydrogen-bond acceptors (Lipinski definition) is 4. The normalized spacial score (nSPS) is 12.2. The molecule has 1 atom stereocenters. The number of nitrogens with zero attached hydrogens (tertiary/aromatic N) is 2. The summed E-state index contributed by atoms with van der Waals surface area (Å²) in [6.07, 6.45) is 0. The molecule has 4 heteroatoms. The van der Waals surface area contributed by atoms with Gasteiger partial charge in [-0.15, -0.1) is 0 Å². The first kappa shape index (κ1) is 13.3. The van der Waals surface area contributed by atoms with Crippen LogP contribution in [0.1, 0.15) is 35.5 Å². The van der Waals surface area contributed by atoms with Gasteiger partial charge >= 0.3 is 0 Å². The number of benzene rings is 1. The van der Waals surface area contributed by atoms with E-state index in [4.69, 9.17) is 5.73 Å². The Labute approximate surface area is 114 Å². The second-order valence-corrected chi connectivity index (χ2v) is 4.91. The molecular weight excluding hydrogens is 236 g/mol. The monoisotopic (exact) mass is 256 g/mol. The predicted molar refractivity (Wildman–Crippen MR) is 79.1 cm³/mol. The first-order valence-electron chi connectivity index (χ1n) is 6.41. The fourth-order valence-corrected chi connectivity index (χ4v) is 1.93. The third-order valence-corrected chi connectivity index (χ3v) is 3.23. The molecule has 100 valence electrons. The van der Waals surface area contributed by atoms with Crippen molar-refractivity contribution in [3.05, 3.63) is 46.8 Å². The van der Waals surface area contributed by atoms with Crippen LogP contribution >= 0.6 is 0 Å². The fraction of sp³-hybridized carbons (Fsp3) is 0.333. The van der Waals surface area contributed by atoms with Crippen molar-refractivity contribution in [2.24, 2.45) is 0 Å². The molecule has 0 aliphatic carbocycles. The smallest absolute Gasteiger partial charge is 0.135 e. The fourth-order valence-electron chi connectivity index (χ4n) is 1.93. The molecule has 1 heterocycles. The van der Waals surface area contributed by atoms with E-state index in [1.807, 2.05) is 13.8 Å². The largest absolute Gasteiger partial charge is 0.383 e. The molecule has 0 spiro atoms. The topological polar surface area (TPSA) is 63.8 Å². The zero-order chi connectivity index (χ0) is 14.0. The molecule has 0 aliphatic rings. The average Bonchev–Trinajstić information content (AvgIpc) is 2.36. The number of nitrogen functional groups attached to an aromatic ring is 1. The Morgan fingerprint density at radius 3 is 2.32 bits per heavy atom. The highest BCUT2D eigenvalue weighted by Gasteiger charge is 2.10. The number of rotatable bonds is 3.